The third-order valence-electron chi connectivity index (χ3n) is 10.0. The number of nitrogens with zero attached hydrogens (tertiary/aromatic N) is 3. The van der Waals surface area contributed by atoms with Gasteiger partial charge in [-0.1, -0.05) is 93.1 Å². The van der Waals surface area contributed by atoms with Gasteiger partial charge in [0.05, 0.1) is 17.8 Å². The minimum absolute atomic E-state index is 0.170. The van der Waals surface area contributed by atoms with Gasteiger partial charge in [0.15, 0.2) is 0 Å². The molecule has 7 heteroatoms. The van der Waals surface area contributed by atoms with Gasteiger partial charge in [-0.2, -0.15) is 5.10 Å². The second kappa shape index (κ2) is 12.9. The summed E-state index contributed by atoms with van der Waals surface area (Å²) in [5.41, 5.74) is 5.86. The van der Waals surface area contributed by atoms with Crippen LogP contribution in [0.25, 0.3) is 16.5 Å². The summed E-state index contributed by atoms with van der Waals surface area (Å²) in [6, 6.07) is 33.1. The Hall–Kier alpha value is -4.91. The Labute approximate surface area is 283 Å². The third-order valence-corrected chi connectivity index (χ3v) is 10.0. The number of carbonyl (C=O) groups excluding carboxylic acids is 2. The van der Waals surface area contributed by atoms with Gasteiger partial charge in [0.1, 0.15) is 5.82 Å². The molecule has 3 amide bonds. The first-order valence-electron chi connectivity index (χ1n) is 17.2. The summed E-state index contributed by atoms with van der Waals surface area (Å²) in [6.45, 7) is 8.40. The number of nitrogens with one attached hydrogen (secondary N) is 2. The molecule has 2 aliphatic heterocycles. The Kier molecular flexibility index (Phi) is 8.54. The maximum absolute atomic E-state index is 13.7. The molecular formula is C41H45N5O2. The van der Waals surface area contributed by atoms with E-state index in [1.165, 1.54) is 16.3 Å². The molecule has 3 heterocycles. The van der Waals surface area contributed by atoms with Crippen molar-refractivity contribution in [1.29, 1.82) is 0 Å². The third kappa shape index (κ3) is 6.73. The van der Waals surface area contributed by atoms with Crippen LogP contribution in [0.1, 0.15) is 68.8 Å². The molecule has 5 aromatic rings. The van der Waals surface area contributed by atoms with Crippen molar-refractivity contribution < 1.29 is 9.59 Å². The number of aryl methyl sites for hydroxylation is 1. The van der Waals surface area contributed by atoms with Crippen molar-refractivity contribution in [2.45, 2.75) is 83.7 Å². The Bertz CT molecular complexity index is 1930. The molecule has 7 nitrogen and oxygen atoms in total. The molecule has 2 atom stereocenters. The Balaban J connectivity index is 0.989. The number of benzene rings is 4. The van der Waals surface area contributed by atoms with Gasteiger partial charge in [-0.15, -0.1) is 0 Å². The van der Waals surface area contributed by atoms with E-state index in [0.717, 1.165) is 60.3 Å². The summed E-state index contributed by atoms with van der Waals surface area (Å²) in [6.07, 6.45) is 5.60. The number of amides is 3. The minimum atomic E-state index is -0.308. The predicted molar refractivity (Wildman–Crippen MR) is 194 cm³/mol. The number of piperidine rings is 1. The van der Waals surface area contributed by atoms with Crippen LogP contribution in [-0.2, 0) is 23.1 Å². The van der Waals surface area contributed by atoms with Gasteiger partial charge in [0.2, 0.25) is 5.91 Å². The fraction of sp³-hybridized carbons (Fsp3) is 0.341. The topological polar surface area (TPSA) is 79.3 Å². The molecule has 1 aromatic heterocycles. The molecule has 2 bridgehead atoms. The van der Waals surface area contributed by atoms with Crippen LogP contribution in [0.5, 0.6) is 0 Å². The Morgan fingerprint density at radius 3 is 2.29 bits per heavy atom. The highest BCUT2D eigenvalue weighted by atomic mass is 16.2. The number of carbonyl (C=O) groups is 2. The first kappa shape index (κ1) is 31.7. The van der Waals surface area contributed by atoms with Gasteiger partial charge in [0, 0.05) is 29.3 Å². The molecule has 2 unspecified atom stereocenters. The van der Waals surface area contributed by atoms with Crippen LogP contribution < -0.4 is 10.6 Å². The lowest BCUT2D eigenvalue weighted by Gasteiger charge is -2.39. The summed E-state index contributed by atoms with van der Waals surface area (Å²) in [7, 11) is 0. The summed E-state index contributed by atoms with van der Waals surface area (Å²) >= 11 is 0. The first-order chi connectivity index (χ1) is 23.1. The molecule has 2 fully saturated rings. The molecule has 0 radical (unpaired) electrons. The molecule has 2 N–H and O–H groups in total. The van der Waals surface area contributed by atoms with Crippen molar-refractivity contribution in [3.63, 3.8) is 0 Å². The fourth-order valence-corrected chi connectivity index (χ4v) is 7.67. The van der Waals surface area contributed by atoms with E-state index in [1.54, 1.807) is 4.68 Å². The zero-order valence-electron chi connectivity index (χ0n) is 28.4. The van der Waals surface area contributed by atoms with E-state index in [4.69, 9.17) is 5.10 Å². The number of fused-ring (bicyclic) bond motifs is 3. The average Bonchev–Trinajstić information content (AvgIpc) is 3.60. The van der Waals surface area contributed by atoms with Crippen molar-refractivity contribution in [3.8, 4) is 5.69 Å². The Morgan fingerprint density at radius 2 is 1.54 bits per heavy atom. The molecule has 246 valence electrons. The van der Waals surface area contributed by atoms with Crippen LogP contribution in [-0.4, -0.2) is 38.7 Å². The fourth-order valence-electron chi connectivity index (χ4n) is 7.67. The molecule has 0 spiro atoms. The molecule has 7 rings (SSSR count). The molecule has 2 aliphatic rings. The number of urea groups is 1. The lowest BCUT2D eigenvalue weighted by molar-refractivity contribution is -0.135. The van der Waals surface area contributed by atoms with E-state index >= 15 is 0 Å². The summed E-state index contributed by atoms with van der Waals surface area (Å²) < 4.78 is 1.80. The van der Waals surface area contributed by atoms with Crippen LogP contribution in [0.2, 0.25) is 0 Å². The Morgan fingerprint density at radius 1 is 0.833 bits per heavy atom. The SMILES string of the molecule is Cc1ccc(-n2nc(C(C)(C)C)cc2NC(=O)Nc2cccc(CC3CC4CCC(C3)N4C(=O)Cc3cccc4ccccc34)c2)cc1. The molecule has 0 aliphatic carbocycles. The number of anilines is 2. The molecule has 0 saturated carbocycles. The van der Waals surface area contributed by atoms with Gasteiger partial charge in [-0.25, -0.2) is 9.48 Å². The van der Waals surface area contributed by atoms with E-state index in [0.29, 0.717) is 30.2 Å². The van der Waals surface area contributed by atoms with Crippen molar-refractivity contribution in [1.82, 2.24) is 14.7 Å². The number of rotatable bonds is 7. The zero-order valence-corrected chi connectivity index (χ0v) is 28.4. The van der Waals surface area contributed by atoms with Crippen LogP contribution >= 0.6 is 0 Å². The van der Waals surface area contributed by atoms with Crippen molar-refractivity contribution in [2.24, 2.45) is 5.92 Å². The smallest absolute Gasteiger partial charge is 0.324 e. The maximum atomic E-state index is 13.7. The first-order valence-corrected chi connectivity index (χ1v) is 17.2. The number of hydrogen-bond acceptors (Lipinski definition) is 3. The van der Waals surface area contributed by atoms with E-state index in [-0.39, 0.29) is 17.4 Å². The van der Waals surface area contributed by atoms with Crippen LogP contribution in [0.15, 0.2) is 97.1 Å². The number of aromatic nitrogens is 2. The largest absolute Gasteiger partial charge is 0.336 e. The maximum Gasteiger partial charge on any atom is 0.324 e. The number of hydrogen-bond donors (Lipinski definition) is 2. The van der Waals surface area contributed by atoms with Crippen molar-refractivity contribution in [2.75, 3.05) is 10.6 Å². The summed E-state index contributed by atoms with van der Waals surface area (Å²) in [4.78, 5) is 29.1. The molecule has 48 heavy (non-hydrogen) atoms. The quantitative estimate of drug-likeness (QED) is 0.187. The van der Waals surface area contributed by atoms with Gasteiger partial charge in [-0.3, -0.25) is 10.1 Å². The van der Waals surface area contributed by atoms with Crippen LogP contribution in [0.3, 0.4) is 0 Å². The molecule has 4 aromatic carbocycles. The van der Waals surface area contributed by atoms with Gasteiger partial charge in [0.25, 0.3) is 0 Å². The van der Waals surface area contributed by atoms with Crippen molar-refractivity contribution in [3.05, 3.63) is 119 Å². The zero-order chi connectivity index (χ0) is 33.4. The predicted octanol–water partition coefficient (Wildman–Crippen LogP) is 8.83. The summed E-state index contributed by atoms with van der Waals surface area (Å²) in [5, 5.41) is 13.3. The second-order valence-electron chi connectivity index (χ2n) is 14.7. The van der Waals surface area contributed by atoms with E-state index in [1.807, 2.05) is 54.6 Å². The highest BCUT2D eigenvalue weighted by Crippen LogP contribution is 2.40. The lowest BCUT2D eigenvalue weighted by Crippen LogP contribution is -2.47. The standard InChI is InChI=1S/C41H45N5O2/c1-27-15-17-33(18-16-27)46-38(26-37(44-46)41(2,3)4)43-40(48)42-32-13-7-9-28(22-32)21-29-23-34-19-20-35(24-29)45(34)39(47)25-31-12-8-11-30-10-5-6-14-36(30)31/h5-18,22,26,29,34-35H,19-21,23-25H2,1-4H3,(H2,42,43,48). The summed E-state index contributed by atoms with van der Waals surface area (Å²) in [5.74, 6) is 1.38. The van der Waals surface area contributed by atoms with E-state index in [2.05, 4.69) is 85.7 Å². The molecular weight excluding hydrogens is 594 g/mol. The van der Waals surface area contributed by atoms with Crippen molar-refractivity contribution >= 4 is 34.2 Å². The highest BCUT2D eigenvalue weighted by molar-refractivity contribution is 5.99. The second-order valence-corrected chi connectivity index (χ2v) is 14.7. The van der Waals surface area contributed by atoms with Crippen LogP contribution in [0.4, 0.5) is 16.3 Å². The lowest BCUT2D eigenvalue weighted by atomic mass is 9.85. The minimum Gasteiger partial charge on any atom is -0.336 e. The monoisotopic (exact) mass is 639 g/mol. The van der Waals surface area contributed by atoms with Crippen LogP contribution in [0, 0.1) is 12.8 Å². The average molecular weight is 640 g/mol. The normalized spacial score (nSPS) is 19.0. The van der Waals surface area contributed by atoms with Gasteiger partial charge < -0.3 is 10.2 Å². The van der Waals surface area contributed by atoms with E-state index < -0.39 is 0 Å². The molecule has 2 saturated heterocycles. The van der Waals surface area contributed by atoms with Gasteiger partial charge >= 0.3 is 6.03 Å². The van der Waals surface area contributed by atoms with Gasteiger partial charge in [-0.05, 0) is 91.1 Å². The van der Waals surface area contributed by atoms with E-state index in [9.17, 15) is 9.59 Å². The highest BCUT2D eigenvalue weighted by Gasteiger charge is 2.42.